The number of piperidine rings is 1. The van der Waals surface area contributed by atoms with E-state index in [1.807, 2.05) is 16.9 Å². The fourth-order valence-corrected chi connectivity index (χ4v) is 5.55. The minimum atomic E-state index is -0.555. The zero-order valence-corrected chi connectivity index (χ0v) is 23.6. The molecular formula is C30H24Cl2F2N8. The highest BCUT2D eigenvalue weighted by Crippen LogP contribution is 2.37. The number of hydrogen-bond acceptors (Lipinski definition) is 7. The molecule has 42 heavy (non-hydrogen) atoms. The minimum Gasteiger partial charge on any atom is -0.373 e. The molecule has 1 saturated heterocycles. The van der Waals surface area contributed by atoms with Gasteiger partial charge >= 0.3 is 0 Å². The summed E-state index contributed by atoms with van der Waals surface area (Å²) in [6.45, 7) is 1.82. The maximum Gasteiger partial charge on any atom is 0.141 e. The second-order valence-electron chi connectivity index (χ2n) is 10.0. The van der Waals surface area contributed by atoms with Gasteiger partial charge in [0.1, 0.15) is 23.4 Å². The third kappa shape index (κ3) is 5.72. The lowest BCUT2D eigenvalue weighted by Crippen LogP contribution is -2.29. The first kappa shape index (κ1) is 27.8. The van der Waals surface area contributed by atoms with Gasteiger partial charge < -0.3 is 16.0 Å². The van der Waals surface area contributed by atoms with Crippen molar-refractivity contribution in [2.45, 2.75) is 24.9 Å². The Hall–Kier alpha value is -4.30. The molecule has 0 bridgehead atoms. The molecule has 1 aliphatic rings. The molecule has 6 rings (SSSR count). The number of hydrogen-bond donors (Lipinski definition) is 3. The van der Waals surface area contributed by atoms with Crippen molar-refractivity contribution in [3.63, 3.8) is 0 Å². The van der Waals surface area contributed by atoms with Gasteiger partial charge in [0.2, 0.25) is 0 Å². The van der Waals surface area contributed by atoms with Gasteiger partial charge in [-0.05, 0) is 74.0 Å². The molecule has 3 heterocycles. The van der Waals surface area contributed by atoms with Crippen LogP contribution in [0.5, 0.6) is 0 Å². The van der Waals surface area contributed by atoms with Crippen molar-refractivity contribution in [1.82, 2.24) is 25.3 Å². The van der Waals surface area contributed by atoms with Crippen molar-refractivity contribution in [1.29, 1.82) is 5.26 Å². The number of anilines is 3. The second kappa shape index (κ2) is 11.9. The molecule has 0 radical (unpaired) electrons. The first-order chi connectivity index (χ1) is 20.4. The SMILES string of the molecule is N#Cc1cnc2c(Cl)cc(N[C@H](c3ccc(F)cc3)c3cn(C4CCNCC4)nn3)cc2c1Nc1ccc(F)c(Cl)c1. The van der Waals surface area contributed by atoms with Crippen LogP contribution in [-0.4, -0.2) is 33.1 Å². The van der Waals surface area contributed by atoms with Gasteiger partial charge in [-0.1, -0.05) is 40.5 Å². The molecule has 0 aliphatic carbocycles. The molecule has 3 N–H and O–H groups in total. The van der Waals surface area contributed by atoms with Gasteiger partial charge in [-0.3, -0.25) is 4.98 Å². The van der Waals surface area contributed by atoms with E-state index in [0.29, 0.717) is 38.7 Å². The van der Waals surface area contributed by atoms with E-state index in [1.54, 1.807) is 18.2 Å². The summed E-state index contributed by atoms with van der Waals surface area (Å²) in [4.78, 5) is 4.41. The van der Waals surface area contributed by atoms with E-state index in [0.717, 1.165) is 31.5 Å². The zero-order chi connectivity index (χ0) is 29.2. The number of nitrogens with zero attached hydrogens (tertiary/aromatic N) is 5. The van der Waals surface area contributed by atoms with Crippen LogP contribution in [0, 0.1) is 23.0 Å². The van der Waals surface area contributed by atoms with Crippen LogP contribution < -0.4 is 16.0 Å². The van der Waals surface area contributed by atoms with Gasteiger partial charge in [0.05, 0.1) is 45.1 Å². The first-order valence-electron chi connectivity index (χ1n) is 13.3. The van der Waals surface area contributed by atoms with Crippen molar-refractivity contribution in [2.24, 2.45) is 0 Å². The van der Waals surface area contributed by atoms with Gasteiger partial charge in [0, 0.05) is 23.0 Å². The molecule has 8 nitrogen and oxygen atoms in total. The lowest BCUT2D eigenvalue weighted by molar-refractivity contribution is 0.337. The van der Waals surface area contributed by atoms with Gasteiger partial charge in [0.25, 0.3) is 0 Å². The summed E-state index contributed by atoms with van der Waals surface area (Å²) in [6, 6.07) is 15.8. The number of nitriles is 1. The number of aromatic nitrogens is 4. The lowest BCUT2D eigenvalue weighted by atomic mass is 10.0. The van der Waals surface area contributed by atoms with Crippen LogP contribution >= 0.6 is 23.2 Å². The molecule has 0 amide bonds. The topological polar surface area (TPSA) is 103 Å². The molecule has 212 valence electrons. The normalized spacial score (nSPS) is 14.5. The summed E-state index contributed by atoms with van der Waals surface area (Å²) in [5.41, 5.74) is 3.68. The Labute approximate surface area is 250 Å². The van der Waals surface area contributed by atoms with Crippen LogP contribution in [-0.2, 0) is 0 Å². The largest absolute Gasteiger partial charge is 0.373 e. The quantitative estimate of drug-likeness (QED) is 0.181. The van der Waals surface area contributed by atoms with Crippen molar-refractivity contribution in [2.75, 3.05) is 23.7 Å². The highest BCUT2D eigenvalue weighted by atomic mass is 35.5. The molecule has 1 fully saturated rings. The van der Waals surface area contributed by atoms with Crippen molar-refractivity contribution in [3.8, 4) is 6.07 Å². The van der Waals surface area contributed by atoms with E-state index in [-0.39, 0.29) is 22.4 Å². The molecule has 0 unspecified atom stereocenters. The molecule has 2 aromatic heterocycles. The summed E-state index contributed by atoms with van der Waals surface area (Å²) in [5.74, 6) is -0.905. The summed E-state index contributed by atoms with van der Waals surface area (Å²) in [6.07, 6.45) is 5.23. The van der Waals surface area contributed by atoms with E-state index in [4.69, 9.17) is 23.2 Å². The predicted molar refractivity (Wildman–Crippen MR) is 159 cm³/mol. The number of halogens is 4. The molecule has 3 aromatic carbocycles. The number of rotatable bonds is 7. The number of fused-ring (bicyclic) bond motifs is 1. The monoisotopic (exact) mass is 604 g/mol. The van der Waals surface area contributed by atoms with Gasteiger partial charge in [-0.2, -0.15) is 5.26 Å². The smallest absolute Gasteiger partial charge is 0.141 e. The summed E-state index contributed by atoms with van der Waals surface area (Å²) in [7, 11) is 0. The Morgan fingerprint density at radius 2 is 1.76 bits per heavy atom. The number of benzene rings is 3. The predicted octanol–water partition coefficient (Wildman–Crippen LogP) is 7.15. The average Bonchev–Trinajstić information content (AvgIpc) is 3.49. The van der Waals surface area contributed by atoms with Crippen molar-refractivity contribution in [3.05, 3.63) is 105 Å². The molecule has 5 aromatic rings. The van der Waals surface area contributed by atoms with Gasteiger partial charge in [-0.25, -0.2) is 13.5 Å². The highest BCUT2D eigenvalue weighted by Gasteiger charge is 2.23. The minimum absolute atomic E-state index is 0.0584. The second-order valence-corrected chi connectivity index (χ2v) is 10.8. The standard InChI is InChI=1S/C30H24Cl2F2N8/c31-24-12-20(5-6-26(24)34)38-28-18(14-35)15-37-30-23(28)11-21(13-25(30)32)39-29(17-1-3-19(33)4-2-17)27-16-42(41-40-27)22-7-9-36-10-8-22/h1-6,11-13,15-16,22,29,36,39H,7-10H2,(H,37,38)/t29-/m1/s1. The van der Waals surface area contributed by atoms with Crippen molar-refractivity contribution < 1.29 is 8.78 Å². The Balaban J connectivity index is 1.41. The molecule has 0 saturated carbocycles. The maximum atomic E-state index is 13.9. The third-order valence-electron chi connectivity index (χ3n) is 7.26. The van der Waals surface area contributed by atoms with Crippen molar-refractivity contribution >= 4 is 51.2 Å². The number of nitrogens with one attached hydrogen (secondary N) is 3. The van der Waals surface area contributed by atoms with E-state index in [9.17, 15) is 14.0 Å². The fraction of sp³-hybridized carbons (Fsp3) is 0.200. The Morgan fingerprint density at radius 1 is 1.00 bits per heavy atom. The van der Waals surface area contributed by atoms with Crippen LogP contribution in [0.4, 0.5) is 25.8 Å². The molecule has 1 aliphatic heterocycles. The molecule has 0 spiro atoms. The summed E-state index contributed by atoms with van der Waals surface area (Å²) < 4.78 is 29.5. The van der Waals surface area contributed by atoms with Crippen LogP contribution in [0.15, 0.2) is 67.0 Å². The van der Waals surface area contributed by atoms with Crippen LogP contribution in [0.3, 0.4) is 0 Å². The lowest BCUT2D eigenvalue weighted by Gasteiger charge is -2.22. The molecular weight excluding hydrogens is 581 g/mol. The Morgan fingerprint density at radius 3 is 2.50 bits per heavy atom. The van der Waals surface area contributed by atoms with E-state index >= 15 is 0 Å². The highest BCUT2D eigenvalue weighted by molar-refractivity contribution is 6.36. The Bertz CT molecular complexity index is 1800. The van der Waals surface area contributed by atoms with E-state index < -0.39 is 11.9 Å². The van der Waals surface area contributed by atoms with Crippen LogP contribution in [0.2, 0.25) is 10.0 Å². The van der Waals surface area contributed by atoms with Crippen LogP contribution in [0.25, 0.3) is 10.9 Å². The summed E-state index contributed by atoms with van der Waals surface area (Å²) >= 11 is 12.7. The van der Waals surface area contributed by atoms with Crippen LogP contribution in [0.1, 0.15) is 41.7 Å². The Kier molecular flexibility index (Phi) is 7.89. The van der Waals surface area contributed by atoms with Gasteiger partial charge in [0.15, 0.2) is 0 Å². The maximum absolute atomic E-state index is 13.9. The number of pyridine rings is 1. The summed E-state index contributed by atoms with van der Waals surface area (Å²) in [5, 5.41) is 29.6. The zero-order valence-electron chi connectivity index (χ0n) is 22.1. The first-order valence-corrected chi connectivity index (χ1v) is 14.0. The average molecular weight is 605 g/mol. The molecule has 1 atom stereocenters. The van der Waals surface area contributed by atoms with E-state index in [2.05, 4.69) is 37.3 Å². The fourth-order valence-electron chi connectivity index (χ4n) is 5.10. The van der Waals surface area contributed by atoms with E-state index in [1.165, 1.54) is 36.5 Å². The third-order valence-corrected chi connectivity index (χ3v) is 7.83. The van der Waals surface area contributed by atoms with Gasteiger partial charge in [-0.15, -0.1) is 5.10 Å². The molecule has 12 heteroatoms.